The highest BCUT2D eigenvalue weighted by Gasteiger charge is 2.46. The second-order valence-electron chi connectivity index (χ2n) is 4.62. The maximum Gasteiger partial charge on any atom is 0.194 e. The van der Waals surface area contributed by atoms with Gasteiger partial charge in [0.05, 0.1) is 7.11 Å². The first-order chi connectivity index (χ1) is 9.69. The first-order valence-electron chi connectivity index (χ1n) is 6.28. The lowest BCUT2D eigenvalue weighted by Crippen LogP contribution is -2.08. The van der Waals surface area contributed by atoms with Crippen molar-refractivity contribution in [1.29, 1.82) is 0 Å². The van der Waals surface area contributed by atoms with Crippen molar-refractivity contribution < 1.29 is 14.3 Å². The SMILES string of the molecule is COc1ccc(C(=O)[C@H]2O[C@H]2c2ccc(Cl)cc2)cc1. The van der Waals surface area contributed by atoms with Gasteiger partial charge < -0.3 is 9.47 Å². The first kappa shape index (κ1) is 13.2. The fraction of sp³-hybridized carbons (Fsp3) is 0.188. The number of ketones is 1. The lowest BCUT2D eigenvalue weighted by Gasteiger charge is -2.01. The van der Waals surface area contributed by atoms with Crippen molar-refractivity contribution in [1.82, 2.24) is 0 Å². The van der Waals surface area contributed by atoms with Gasteiger partial charge in [-0.2, -0.15) is 0 Å². The molecule has 1 fully saturated rings. The molecule has 3 nitrogen and oxygen atoms in total. The van der Waals surface area contributed by atoms with E-state index in [1.54, 1.807) is 43.5 Å². The van der Waals surface area contributed by atoms with E-state index in [1.165, 1.54) is 0 Å². The summed E-state index contributed by atoms with van der Waals surface area (Å²) in [5.74, 6) is 0.722. The van der Waals surface area contributed by atoms with Crippen LogP contribution in [0.5, 0.6) is 5.75 Å². The van der Waals surface area contributed by atoms with Crippen LogP contribution in [-0.4, -0.2) is 19.0 Å². The van der Waals surface area contributed by atoms with Crippen LogP contribution in [0.4, 0.5) is 0 Å². The molecular weight excluding hydrogens is 276 g/mol. The lowest BCUT2D eigenvalue weighted by atomic mass is 10.0. The smallest absolute Gasteiger partial charge is 0.194 e. The number of halogens is 1. The molecule has 1 aliphatic heterocycles. The third kappa shape index (κ3) is 2.55. The van der Waals surface area contributed by atoms with Gasteiger partial charge in [0, 0.05) is 10.6 Å². The van der Waals surface area contributed by atoms with Crippen LogP contribution < -0.4 is 4.74 Å². The molecule has 1 aliphatic rings. The minimum Gasteiger partial charge on any atom is -0.497 e. The van der Waals surface area contributed by atoms with E-state index in [2.05, 4.69) is 0 Å². The van der Waals surface area contributed by atoms with Gasteiger partial charge in [0.15, 0.2) is 11.9 Å². The molecule has 0 radical (unpaired) electrons. The third-order valence-electron chi connectivity index (χ3n) is 3.32. The van der Waals surface area contributed by atoms with Gasteiger partial charge in [-0.1, -0.05) is 23.7 Å². The molecule has 4 heteroatoms. The quantitative estimate of drug-likeness (QED) is 0.636. The van der Waals surface area contributed by atoms with Gasteiger partial charge >= 0.3 is 0 Å². The number of epoxide rings is 1. The topological polar surface area (TPSA) is 38.8 Å². The minimum absolute atomic E-state index is 0.00685. The molecule has 20 heavy (non-hydrogen) atoms. The molecule has 1 saturated heterocycles. The Hall–Kier alpha value is -1.84. The van der Waals surface area contributed by atoms with Crippen molar-refractivity contribution in [3.8, 4) is 5.75 Å². The first-order valence-corrected chi connectivity index (χ1v) is 6.66. The molecule has 0 aliphatic carbocycles. The zero-order valence-corrected chi connectivity index (χ0v) is 11.6. The van der Waals surface area contributed by atoms with Gasteiger partial charge in [-0.3, -0.25) is 4.79 Å². The summed E-state index contributed by atoms with van der Waals surface area (Å²) in [6, 6.07) is 14.4. The molecule has 2 aromatic rings. The highest BCUT2D eigenvalue weighted by molar-refractivity contribution is 6.30. The van der Waals surface area contributed by atoms with E-state index in [1.807, 2.05) is 12.1 Å². The minimum atomic E-state index is -0.399. The maximum absolute atomic E-state index is 12.3. The van der Waals surface area contributed by atoms with Crippen molar-refractivity contribution in [3.63, 3.8) is 0 Å². The molecule has 0 spiro atoms. The molecule has 2 atom stereocenters. The number of carbonyl (C=O) groups is 1. The molecule has 0 unspecified atom stereocenters. The van der Waals surface area contributed by atoms with E-state index in [9.17, 15) is 4.79 Å². The highest BCUT2D eigenvalue weighted by atomic mass is 35.5. The average Bonchev–Trinajstić information content (AvgIpc) is 3.28. The van der Waals surface area contributed by atoms with Crippen LogP contribution in [0.1, 0.15) is 22.0 Å². The van der Waals surface area contributed by atoms with Crippen LogP contribution in [0.3, 0.4) is 0 Å². The standard InChI is InChI=1S/C16H13ClO3/c1-19-13-8-4-10(5-9-13)14(18)16-15(20-16)11-2-6-12(17)7-3-11/h2-9,15-16H,1H3/t15-,16+/m0/s1. The number of ether oxygens (including phenoxy) is 2. The highest BCUT2D eigenvalue weighted by Crippen LogP contribution is 2.40. The van der Waals surface area contributed by atoms with Gasteiger partial charge in [0.25, 0.3) is 0 Å². The number of methoxy groups -OCH3 is 1. The molecule has 0 amide bonds. The summed E-state index contributed by atoms with van der Waals surface area (Å²) in [6.07, 6.45) is -0.563. The molecule has 2 aromatic carbocycles. The Balaban J connectivity index is 1.71. The normalized spacial score (nSPS) is 20.5. The second kappa shape index (κ2) is 5.27. The Morgan fingerprint density at radius 2 is 1.75 bits per heavy atom. The summed E-state index contributed by atoms with van der Waals surface area (Å²) >= 11 is 5.84. The molecule has 0 N–H and O–H groups in total. The second-order valence-corrected chi connectivity index (χ2v) is 5.06. The Labute approximate surface area is 122 Å². The number of hydrogen-bond acceptors (Lipinski definition) is 3. The predicted molar refractivity (Wildman–Crippen MR) is 76.4 cm³/mol. The van der Waals surface area contributed by atoms with Crippen molar-refractivity contribution in [2.45, 2.75) is 12.2 Å². The van der Waals surface area contributed by atoms with E-state index >= 15 is 0 Å². The predicted octanol–water partition coefficient (Wildman–Crippen LogP) is 3.67. The number of hydrogen-bond donors (Lipinski definition) is 0. The van der Waals surface area contributed by atoms with Crippen molar-refractivity contribution in [3.05, 3.63) is 64.7 Å². The summed E-state index contributed by atoms with van der Waals surface area (Å²) in [5.41, 5.74) is 1.61. The van der Waals surface area contributed by atoms with Gasteiger partial charge in [-0.05, 0) is 42.0 Å². The molecular formula is C16H13ClO3. The summed E-state index contributed by atoms with van der Waals surface area (Å²) in [6.45, 7) is 0. The number of rotatable bonds is 4. The number of benzene rings is 2. The van der Waals surface area contributed by atoms with Crippen LogP contribution in [0.25, 0.3) is 0 Å². The summed E-state index contributed by atoms with van der Waals surface area (Å²) in [7, 11) is 1.59. The zero-order chi connectivity index (χ0) is 14.1. The Kier molecular flexibility index (Phi) is 3.47. The summed E-state index contributed by atoms with van der Waals surface area (Å²) in [4.78, 5) is 12.3. The molecule has 1 heterocycles. The largest absolute Gasteiger partial charge is 0.497 e. The summed E-state index contributed by atoms with van der Waals surface area (Å²) in [5, 5.41) is 0.674. The average molecular weight is 289 g/mol. The fourth-order valence-electron chi connectivity index (χ4n) is 2.14. The van der Waals surface area contributed by atoms with Crippen LogP contribution in [0.15, 0.2) is 48.5 Å². The zero-order valence-electron chi connectivity index (χ0n) is 10.9. The molecule has 0 aromatic heterocycles. The van der Waals surface area contributed by atoms with Gasteiger partial charge in [0.1, 0.15) is 11.9 Å². The van der Waals surface area contributed by atoms with Crippen LogP contribution in [-0.2, 0) is 4.74 Å². The van der Waals surface area contributed by atoms with E-state index in [4.69, 9.17) is 21.1 Å². The molecule has 102 valence electrons. The van der Waals surface area contributed by atoms with E-state index in [0.717, 1.165) is 11.3 Å². The summed E-state index contributed by atoms with van der Waals surface area (Å²) < 4.78 is 10.6. The van der Waals surface area contributed by atoms with Gasteiger partial charge in [-0.15, -0.1) is 0 Å². The van der Waals surface area contributed by atoms with E-state index < -0.39 is 6.10 Å². The van der Waals surface area contributed by atoms with Crippen molar-refractivity contribution in [2.24, 2.45) is 0 Å². The van der Waals surface area contributed by atoms with Gasteiger partial charge in [0.2, 0.25) is 0 Å². The van der Waals surface area contributed by atoms with Crippen LogP contribution >= 0.6 is 11.6 Å². The third-order valence-corrected chi connectivity index (χ3v) is 3.58. The molecule has 3 rings (SSSR count). The van der Waals surface area contributed by atoms with Gasteiger partial charge in [-0.25, -0.2) is 0 Å². The number of carbonyl (C=O) groups excluding carboxylic acids is 1. The number of Topliss-reactive ketones (excluding diaryl/α,β-unsaturated/α-hetero) is 1. The maximum atomic E-state index is 12.3. The van der Waals surface area contributed by atoms with E-state index in [-0.39, 0.29) is 11.9 Å². The Bertz CT molecular complexity index is 619. The molecule has 0 bridgehead atoms. The van der Waals surface area contributed by atoms with Crippen molar-refractivity contribution >= 4 is 17.4 Å². The van der Waals surface area contributed by atoms with Crippen LogP contribution in [0.2, 0.25) is 5.02 Å². The van der Waals surface area contributed by atoms with E-state index in [0.29, 0.717) is 10.6 Å². The molecule has 0 saturated carbocycles. The Morgan fingerprint density at radius 1 is 1.10 bits per heavy atom. The van der Waals surface area contributed by atoms with Crippen molar-refractivity contribution in [2.75, 3.05) is 7.11 Å². The van der Waals surface area contributed by atoms with Crippen LogP contribution in [0, 0.1) is 0 Å². The fourth-order valence-corrected chi connectivity index (χ4v) is 2.26. The lowest BCUT2D eigenvalue weighted by molar-refractivity contribution is 0.0953. The Morgan fingerprint density at radius 3 is 2.35 bits per heavy atom. The monoisotopic (exact) mass is 288 g/mol.